The second kappa shape index (κ2) is 4.69. The number of amides is 1. The van der Waals surface area contributed by atoms with Gasteiger partial charge in [-0.2, -0.15) is 0 Å². The number of ether oxygens (including phenoxy) is 1. The molecule has 0 bridgehead atoms. The van der Waals surface area contributed by atoms with Crippen molar-refractivity contribution in [2.45, 2.75) is 31.7 Å². The Balaban J connectivity index is 2.13. The molecule has 1 N–H and O–H groups in total. The van der Waals surface area contributed by atoms with Crippen LogP contribution in [-0.2, 0) is 0 Å². The van der Waals surface area contributed by atoms with E-state index in [-0.39, 0.29) is 11.4 Å². The highest BCUT2D eigenvalue weighted by atomic mass is 79.9. The SMILES string of the molecule is COc1ccc(C(=O)NC2(C)CCC2)c(Br)c1. The third-order valence-corrected chi connectivity index (χ3v) is 3.95. The average molecular weight is 298 g/mol. The van der Waals surface area contributed by atoms with Crippen molar-refractivity contribution in [1.82, 2.24) is 5.32 Å². The van der Waals surface area contributed by atoms with Crippen LogP contribution in [0.1, 0.15) is 36.5 Å². The molecule has 0 saturated heterocycles. The van der Waals surface area contributed by atoms with E-state index >= 15 is 0 Å². The van der Waals surface area contributed by atoms with Gasteiger partial charge in [0, 0.05) is 10.0 Å². The Hall–Kier alpha value is -1.03. The molecule has 0 spiro atoms. The van der Waals surface area contributed by atoms with Gasteiger partial charge in [-0.25, -0.2) is 0 Å². The zero-order valence-electron chi connectivity index (χ0n) is 10.0. The Morgan fingerprint density at radius 1 is 1.47 bits per heavy atom. The zero-order chi connectivity index (χ0) is 12.5. The lowest BCUT2D eigenvalue weighted by molar-refractivity contribution is 0.0849. The first kappa shape index (κ1) is 12.4. The summed E-state index contributed by atoms with van der Waals surface area (Å²) in [6.45, 7) is 2.09. The molecule has 0 heterocycles. The van der Waals surface area contributed by atoms with Crippen LogP contribution in [-0.4, -0.2) is 18.6 Å². The number of hydrogen-bond acceptors (Lipinski definition) is 2. The number of rotatable bonds is 3. The van der Waals surface area contributed by atoms with E-state index in [1.54, 1.807) is 25.3 Å². The number of benzene rings is 1. The van der Waals surface area contributed by atoms with E-state index in [0.717, 1.165) is 23.1 Å². The quantitative estimate of drug-likeness (QED) is 0.931. The molecule has 1 saturated carbocycles. The fraction of sp³-hybridized carbons (Fsp3) is 0.462. The molecule has 2 rings (SSSR count). The van der Waals surface area contributed by atoms with Crippen molar-refractivity contribution in [2.24, 2.45) is 0 Å². The summed E-state index contributed by atoms with van der Waals surface area (Å²) >= 11 is 3.40. The van der Waals surface area contributed by atoms with Crippen molar-refractivity contribution >= 4 is 21.8 Å². The first-order valence-electron chi connectivity index (χ1n) is 5.70. The van der Waals surface area contributed by atoms with Gasteiger partial charge in [-0.05, 0) is 60.3 Å². The molecule has 1 amide bonds. The molecule has 1 fully saturated rings. The Morgan fingerprint density at radius 2 is 2.18 bits per heavy atom. The predicted molar refractivity (Wildman–Crippen MR) is 70.4 cm³/mol. The van der Waals surface area contributed by atoms with Gasteiger partial charge < -0.3 is 10.1 Å². The molecule has 1 aliphatic rings. The molecule has 0 unspecified atom stereocenters. The van der Waals surface area contributed by atoms with Crippen molar-refractivity contribution in [1.29, 1.82) is 0 Å². The molecular weight excluding hydrogens is 282 g/mol. The average Bonchev–Trinajstić information content (AvgIpc) is 2.26. The Labute approximate surface area is 110 Å². The third-order valence-electron chi connectivity index (χ3n) is 3.29. The lowest BCUT2D eigenvalue weighted by atomic mass is 9.78. The molecular formula is C13H16BrNO2. The highest BCUT2D eigenvalue weighted by molar-refractivity contribution is 9.10. The maximum Gasteiger partial charge on any atom is 0.252 e. The number of halogens is 1. The van der Waals surface area contributed by atoms with Crippen molar-refractivity contribution in [3.63, 3.8) is 0 Å². The van der Waals surface area contributed by atoms with Gasteiger partial charge in [0.15, 0.2) is 0 Å². The van der Waals surface area contributed by atoms with Crippen LogP contribution < -0.4 is 10.1 Å². The van der Waals surface area contributed by atoms with Crippen LogP contribution in [0.5, 0.6) is 5.75 Å². The van der Waals surface area contributed by atoms with Crippen molar-refractivity contribution in [3.05, 3.63) is 28.2 Å². The largest absolute Gasteiger partial charge is 0.497 e. The summed E-state index contributed by atoms with van der Waals surface area (Å²) in [5.74, 6) is 0.713. The molecule has 1 aromatic rings. The highest BCUT2D eigenvalue weighted by Gasteiger charge is 2.33. The fourth-order valence-corrected chi connectivity index (χ4v) is 2.52. The molecule has 0 aliphatic heterocycles. The van der Waals surface area contributed by atoms with Gasteiger partial charge in [0.05, 0.1) is 12.7 Å². The van der Waals surface area contributed by atoms with Gasteiger partial charge in [0.25, 0.3) is 5.91 Å². The molecule has 0 aromatic heterocycles. The lowest BCUT2D eigenvalue weighted by Crippen LogP contribution is -2.51. The molecule has 4 heteroatoms. The Morgan fingerprint density at radius 3 is 2.65 bits per heavy atom. The van der Waals surface area contributed by atoms with Gasteiger partial charge in [-0.1, -0.05) is 0 Å². The molecule has 0 radical (unpaired) electrons. The first-order valence-corrected chi connectivity index (χ1v) is 6.49. The van der Waals surface area contributed by atoms with Crippen molar-refractivity contribution in [3.8, 4) is 5.75 Å². The van der Waals surface area contributed by atoms with E-state index in [1.165, 1.54) is 6.42 Å². The monoisotopic (exact) mass is 297 g/mol. The van der Waals surface area contributed by atoms with Gasteiger partial charge in [0.2, 0.25) is 0 Å². The standard InChI is InChI=1S/C13H16BrNO2/c1-13(6-3-7-13)15-12(16)10-5-4-9(17-2)8-11(10)14/h4-5,8H,3,6-7H2,1-2H3,(H,15,16). The summed E-state index contributed by atoms with van der Waals surface area (Å²) in [6, 6.07) is 5.38. The van der Waals surface area contributed by atoms with Crippen molar-refractivity contribution in [2.75, 3.05) is 7.11 Å². The Kier molecular flexibility index (Phi) is 3.43. The molecule has 92 valence electrons. The molecule has 0 atom stereocenters. The minimum atomic E-state index is -0.0262. The van der Waals surface area contributed by atoms with Crippen LogP contribution in [0.25, 0.3) is 0 Å². The van der Waals surface area contributed by atoms with Gasteiger partial charge in [0.1, 0.15) is 5.75 Å². The number of hydrogen-bond donors (Lipinski definition) is 1. The summed E-state index contributed by atoms with van der Waals surface area (Å²) in [6.07, 6.45) is 3.32. The van der Waals surface area contributed by atoms with Crippen LogP contribution in [0.15, 0.2) is 22.7 Å². The minimum Gasteiger partial charge on any atom is -0.497 e. The molecule has 1 aliphatic carbocycles. The second-order valence-electron chi connectivity index (χ2n) is 4.71. The number of carbonyl (C=O) groups is 1. The van der Waals surface area contributed by atoms with Crippen LogP contribution in [0.3, 0.4) is 0 Å². The van der Waals surface area contributed by atoms with E-state index in [9.17, 15) is 4.79 Å². The number of methoxy groups -OCH3 is 1. The lowest BCUT2D eigenvalue weighted by Gasteiger charge is -2.39. The van der Waals surface area contributed by atoms with E-state index in [1.807, 2.05) is 0 Å². The summed E-state index contributed by atoms with van der Waals surface area (Å²) in [4.78, 5) is 12.1. The third kappa shape index (κ3) is 2.63. The van der Waals surface area contributed by atoms with Crippen LogP contribution in [0.4, 0.5) is 0 Å². The van der Waals surface area contributed by atoms with Crippen LogP contribution in [0, 0.1) is 0 Å². The minimum absolute atomic E-state index is 0.0174. The predicted octanol–water partition coefficient (Wildman–Crippen LogP) is 3.13. The van der Waals surface area contributed by atoms with Gasteiger partial charge >= 0.3 is 0 Å². The topological polar surface area (TPSA) is 38.3 Å². The fourth-order valence-electron chi connectivity index (χ4n) is 1.98. The maximum absolute atomic E-state index is 12.1. The van der Waals surface area contributed by atoms with Crippen LogP contribution in [0.2, 0.25) is 0 Å². The van der Waals surface area contributed by atoms with Crippen molar-refractivity contribution < 1.29 is 9.53 Å². The summed E-state index contributed by atoms with van der Waals surface area (Å²) < 4.78 is 5.86. The number of nitrogens with one attached hydrogen (secondary N) is 1. The smallest absolute Gasteiger partial charge is 0.252 e. The normalized spacial score (nSPS) is 17.1. The maximum atomic E-state index is 12.1. The highest BCUT2D eigenvalue weighted by Crippen LogP contribution is 2.32. The zero-order valence-corrected chi connectivity index (χ0v) is 11.6. The van der Waals surface area contributed by atoms with E-state index in [2.05, 4.69) is 28.2 Å². The summed E-state index contributed by atoms with van der Waals surface area (Å²) in [5.41, 5.74) is 0.634. The van der Waals surface area contributed by atoms with E-state index < -0.39 is 0 Å². The van der Waals surface area contributed by atoms with Gasteiger partial charge in [-0.15, -0.1) is 0 Å². The number of carbonyl (C=O) groups excluding carboxylic acids is 1. The second-order valence-corrected chi connectivity index (χ2v) is 5.57. The first-order chi connectivity index (χ1) is 8.04. The molecule has 1 aromatic carbocycles. The Bertz CT molecular complexity index is 441. The van der Waals surface area contributed by atoms with E-state index in [4.69, 9.17) is 4.74 Å². The van der Waals surface area contributed by atoms with E-state index in [0.29, 0.717) is 5.56 Å². The van der Waals surface area contributed by atoms with Gasteiger partial charge in [-0.3, -0.25) is 4.79 Å². The molecule has 3 nitrogen and oxygen atoms in total. The summed E-state index contributed by atoms with van der Waals surface area (Å²) in [5, 5.41) is 3.08. The molecule has 17 heavy (non-hydrogen) atoms. The van der Waals surface area contributed by atoms with Crippen LogP contribution >= 0.6 is 15.9 Å². The summed E-state index contributed by atoms with van der Waals surface area (Å²) in [7, 11) is 1.61.